The minimum Gasteiger partial charge on any atom is -0.420 e. The lowest BCUT2D eigenvalue weighted by atomic mass is 10.2. The minimum atomic E-state index is -0.995. The first-order valence-corrected chi connectivity index (χ1v) is 6.22. The fourth-order valence-electron chi connectivity index (χ4n) is 1.62. The molecule has 0 aliphatic carbocycles. The molecule has 0 saturated carbocycles. The summed E-state index contributed by atoms with van der Waals surface area (Å²) in [5.41, 5.74) is 0.745. The molecule has 0 aromatic rings. The van der Waals surface area contributed by atoms with Crippen LogP contribution in [0.3, 0.4) is 0 Å². The molecule has 68 valence electrons. The van der Waals surface area contributed by atoms with E-state index in [1.54, 1.807) is 0 Å². The summed E-state index contributed by atoms with van der Waals surface area (Å²) in [6.07, 6.45) is 0. The largest absolute Gasteiger partial charge is 0.420 e. The average Bonchev–Trinajstić information content (AvgIpc) is 1.79. The summed E-state index contributed by atoms with van der Waals surface area (Å²) in [4.78, 5) is 0. The van der Waals surface area contributed by atoms with Crippen LogP contribution in [0.5, 0.6) is 0 Å². The van der Waals surface area contributed by atoms with Gasteiger partial charge >= 0.3 is 0 Å². The lowest BCUT2D eigenvalue weighted by molar-refractivity contribution is 0.315. The highest BCUT2D eigenvalue weighted by Gasteiger charge is 2.30. The average molecular weight is 174 g/mol. The maximum Gasteiger partial charge on any atom is 0.184 e. The van der Waals surface area contributed by atoms with Crippen LogP contribution < -0.4 is 0 Å². The molecule has 2 heteroatoms. The van der Waals surface area contributed by atoms with Crippen LogP contribution in [0, 0.1) is 0 Å². The van der Waals surface area contributed by atoms with Crippen molar-refractivity contribution in [2.45, 2.75) is 52.1 Å². The quantitative estimate of drug-likeness (QED) is 0.598. The Labute approximate surface area is 72.9 Å². The molecule has 0 bridgehead atoms. The molecule has 1 nitrogen and oxygen atoms in total. The van der Waals surface area contributed by atoms with Crippen LogP contribution in [0.2, 0.25) is 10.6 Å². The highest BCUT2D eigenvalue weighted by Crippen LogP contribution is 2.33. The number of hydrogen-bond donors (Lipinski definition) is 0. The standard InChI is InChI=1S/C9H22OSi/c1-7-10-11(8(2)3)9(4,5)6/h8,11H,7H2,1-6H3. The van der Waals surface area contributed by atoms with Crippen LogP contribution in [0.1, 0.15) is 41.5 Å². The second-order valence-electron chi connectivity index (χ2n) is 4.49. The van der Waals surface area contributed by atoms with E-state index in [1.807, 2.05) is 0 Å². The maximum absolute atomic E-state index is 5.81. The molecule has 0 spiro atoms. The van der Waals surface area contributed by atoms with Crippen molar-refractivity contribution in [2.24, 2.45) is 0 Å². The van der Waals surface area contributed by atoms with Gasteiger partial charge in [-0.25, -0.2) is 0 Å². The van der Waals surface area contributed by atoms with Crippen molar-refractivity contribution >= 4 is 9.04 Å². The molecule has 0 heterocycles. The van der Waals surface area contributed by atoms with Gasteiger partial charge in [-0.2, -0.15) is 0 Å². The molecule has 0 aromatic carbocycles. The summed E-state index contributed by atoms with van der Waals surface area (Å²) in [7, 11) is -0.995. The third kappa shape index (κ3) is 3.92. The number of rotatable bonds is 3. The van der Waals surface area contributed by atoms with Crippen molar-refractivity contribution in [3.05, 3.63) is 0 Å². The Morgan fingerprint density at radius 1 is 1.27 bits per heavy atom. The fourth-order valence-corrected chi connectivity index (χ4v) is 4.87. The Morgan fingerprint density at radius 3 is 1.82 bits per heavy atom. The monoisotopic (exact) mass is 174 g/mol. The lowest BCUT2D eigenvalue weighted by Crippen LogP contribution is -2.32. The molecule has 0 N–H and O–H groups in total. The van der Waals surface area contributed by atoms with Crippen molar-refractivity contribution in [2.75, 3.05) is 6.61 Å². The highest BCUT2D eigenvalue weighted by molar-refractivity contribution is 6.56. The molecule has 0 amide bonds. The van der Waals surface area contributed by atoms with Gasteiger partial charge in [0.15, 0.2) is 9.04 Å². The van der Waals surface area contributed by atoms with E-state index in [2.05, 4.69) is 41.5 Å². The van der Waals surface area contributed by atoms with Crippen molar-refractivity contribution in [3.63, 3.8) is 0 Å². The second kappa shape index (κ2) is 4.26. The van der Waals surface area contributed by atoms with Gasteiger partial charge in [0.1, 0.15) is 0 Å². The molecule has 0 aromatic heterocycles. The zero-order valence-corrected chi connectivity index (χ0v) is 9.92. The van der Waals surface area contributed by atoms with Crippen molar-refractivity contribution < 1.29 is 4.43 Å². The van der Waals surface area contributed by atoms with Crippen LogP contribution >= 0.6 is 0 Å². The van der Waals surface area contributed by atoms with Crippen LogP contribution in [-0.4, -0.2) is 15.6 Å². The first-order valence-electron chi connectivity index (χ1n) is 4.51. The van der Waals surface area contributed by atoms with Gasteiger partial charge < -0.3 is 4.43 Å². The third-order valence-electron chi connectivity index (χ3n) is 1.81. The normalized spacial score (nSPS) is 15.5. The molecular formula is C9H22OSi. The van der Waals surface area contributed by atoms with Gasteiger partial charge in [-0.3, -0.25) is 0 Å². The van der Waals surface area contributed by atoms with E-state index in [0.29, 0.717) is 5.04 Å². The molecule has 0 rings (SSSR count). The maximum atomic E-state index is 5.81. The summed E-state index contributed by atoms with van der Waals surface area (Å²) >= 11 is 0. The van der Waals surface area contributed by atoms with Crippen LogP contribution in [-0.2, 0) is 4.43 Å². The Hall–Kier alpha value is 0.177. The van der Waals surface area contributed by atoms with Crippen LogP contribution in [0.4, 0.5) is 0 Å². The van der Waals surface area contributed by atoms with Crippen molar-refractivity contribution in [1.29, 1.82) is 0 Å². The van der Waals surface area contributed by atoms with Gasteiger partial charge in [0.05, 0.1) is 0 Å². The third-order valence-corrected chi connectivity index (χ3v) is 5.42. The SMILES string of the molecule is CCO[SiH](C(C)C)C(C)(C)C. The van der Waals surface area contributed by atoms with E-state index in [-0.39, 0.29) is 0 Å². The second-order valence-corrected chi connectivity index (χ2v) is 8.73. The molecule has 0 fully saturated rings. The summed E-state index contributed by atoms with van der Waals surface area (Å²) in [6, 6.07) is 0. The molecule has 0 aliphatic heterocycles. The minimum absolute atomic E-state index is 0.407. The van der Waals surface area contributed by atoms with Gasteiger partial charge in [-0.1, -0.05) is 34.6 Å². The molecule has 1 atom stereocenters. The lowest BCUT2D eigenvalue weighted by Gasteiger charge is -2.31. The predicted molar refractivity (Wildman–Crippen MR) is 53.6 cm³/mol. The summed E-state index contributed by atoms with van der Waals surface area (Å²) in [5.74, 6) is 0. The van der Waals surface area contributed by atoms with E-state index < -0.39 is 9.04 Å². The van der Waals surface area contributed by atoms with E-state index in [9.17, 15) is 0 Å². The zero-order chi connectivity index (χ0) is 9.07. The van der Waals surface area contributed by atoms with E-state index in [4.69, 9.17) is 4.43 Å². The van der Waals surface area contributed by atoms with Gasteiger partial charge in [0.25, 0.3) is 0 Å². The first kappa shape index (κ1) is 11.2. The van der Waals surface area contributed by atoms with Gasteiger partial charge in [0, 0.05) is 6.61 Å². The predicted octanol–water partition coefficient (Wildman–Crippen LogP) is 2.96. The summed E-state index contributed by atoms with van der Waals surface area (Å²) < 4.78 is 5.81. The first-order chi connectivity index (χ1) is 4.89. The van der Waals surface area contributed by atoms with E-state index >= 15 is 0 Å². The van der Waals surface area contributed by atoms with Gasteiger partial charge in [-0.15, -0.1) is 0 Å². The smallest absolute Gasteiger partial charge is 0.184 e. The molecule has 0 saturated heterocycles. The van der Waals surface area contributed by atoms with E-state index in [0.717, 1.165) is 12.1 Å². The van der Waals surface area contributed by atoms with Gasteiger partial charge in [0.2, 0.25) is 0 Å². The Balaban J connectivity index is 4.10. The Kier molecular flexibility index (Phi) is 4.33. The van der Waals surface area contributed by atoms with Gasteiger partial charge in [-0.05, 0) is 17.5 Å². The molecule has 11 heavy (non-hydrogen) atoms. The molecule has 0 radical (unpaired) electrons. The molecule has 1 unspecified atom stereocenters. The topological polar surface area (TPSA) is 9.23 Å². The number of hydrogen-bond acceptors (Lipinski definition) is 1. The molecular weight excluding hydrogens is 152 g/mol. The Bertz CT molecular complexity index is 105. The highest BCUT2D eigenvalue weighted by atomic mass is 28.3. The van der Waals surface area contributed by atoms with Crippen molar-refractivity contribution in [3.8, 4) is 0 Å². The Morgan fingerprint density at radius 2 is 1.73 bits per heavy atom. The van der Waals surface area contributed by atoms with Crippen molar-refractivity contribution in [1.82, 2.24) is 0 Å². The van der Waals surface area contributed by atoms with Crippen LogP contribution in [0.25, 0.3) is 0 Å². The summed E-state index contributed by atoms with van der Waals surface area (Å²) in [5, 5.41) is 0.407. The molecule has 0 aliphatic rings. The summed E-state index contributed by atoms with van der Waals surface area (Å²) in [6.45, 7) is 14.4. The fraction of sp³-hybridized carbons (Fsp3) is 1.00. The zero-order valence-electron chi connectivity index (χ0n) is 8.77. The van der Waals surface area contributed by atoms with Crippen LogP contribution in [0.15, 0.2) is 0 Å². The van der Waals surface area contributed by atoms with E-state index in [1.165, 1.54) is 0 Å².